The van der Waals surface area contributed by atoms with Crippen LogP contribution < -0.4 is 9.97 Å². The summed E-state index contributed by atoms with van der Waals surface area (Å²) < 4.78 is 5.23. The van der Waals surface area contributed by atoms with Crippen LogP contribution in [-0.2, 0) is 11.2 Å². The number of carbonyl (C=O) groups excluding carboxylic acids is 1. The summed E-state index contributed by atoms with van der Waals surface area (Å²) in [4.78, 5) is 22.6. The fraction of sp³-hybridized carbons (Fsp3) is 0.333. The zero-order valence-electron chi connectivity index (χ0n) is 11.0. The number of carbonyl (C=O) groups is 2. The molecule has 1 aromatic rings. The van der Waals surface area contributed by atoms with E-state index in [9.17, 15) is 14.6 Å². The molecule has 6 nitrogen and oxygen atoms in total. The fourth-order valence-electron chi connectivity index (χ4n) is 2.09. The Labute approximate surface area is 131 Å². The Bertz CT molecular complexity index is 610. The van der Waals surface area contributed by atoms with Crippen molar-refractivity contribution in [2.24, 2.45) is 0 Å². The minimum atomic E-state index is -1.36. The van der Waals surface area contributed by atoms with Crippen molar-refractivity contribution < 1.29 is 24.4 Å². The first kappa shape index (κ1) is 15.9. The minimum absolute atomic E-state index is 0.0219. The zero-order chi connectivity index (χ0) is 15.7. The van der Waals surface area contributed by atoms with Crippen molar-refractivity contribution in [3.05, 3.63) is 27.2 Å². The van der Waals surface area contributed by atoms with Crippen LogP contribution >= 0.6 is 23.2 Å². The van der Waals surface area contributed by atoms with Gasteiger partial charge in [-0.05, 0) is 12.5 Å². The van der Waals surface area contributed by atoms with Crippen LogP contribution in [0, 0.1) is 0 Å². The largest absolute Gasteiger partial charge is 0.547 e. The van der Waals surface area contributed by atoms with Crippen LogP contribution in [0.5, 0.6) is 5.75 Å². The smallest absolute Gasteiger partial charge is 0.534 e. The molecule has 0 spiro atoms. The number of aromatic carboxylic acids is 1. The van der Waals surface area contributed by atoms with Crippen LogP contribution in [0.1, 0.15) is 29.3 Å². The lowest BCUT2D eigenvalue weighted by Gasteiger charge is -2.29. The summed E-state index contributed by atoms with van der Waals surface area (Å²) in [6, 6.07) is 1.17. The average Bonchev–Trinajstić information content (AvgIpc) is 2.43. The lowest BCUT2D eigenvalue weighted by atomic mass is 9.72. The highest BCUT2D eigenvalue weighted by molar-refractivity contribution is 6.48. The first-order valence-corrected chi connectivity index (χ1v) is 6.99. The number of hydrogen-bond acceptors (Lipinski definition) is 4. The topological polar surface area (TPSA) is 95.9 Å². The Kier molecular flexibility index (Phi) is 4.66. The number of rotatable bonds is 3. The van der Waals surface area contributed by atoms with Gasteiger partial charge in [-0.15, -0.1) is 0 Å². The molecule has 21 heavy (non-hydrogen) atoms. The number of benzene rings is 1. The van der Waals surface area contributed by atoms with Crippen LogP contribution in [0.4, 0.5) is 0 Å². The van der Waals surface area contributed by atoms with E-state index in [1.807, 2.05) is 0 Å². The lowest BCUT2D eigenvalue weighted by molar-refractivity contribution is -0.121. The molecule has 0 aromatic heterocycles. The number of hydrogen-bond donors (Lipinski definition) is 3. The Morgan fingerprint density at radius 1 is 1.52 bits per heavy atom. The molecule has 0 radical (unpaired) electrons. The van der Waals surface area contributed by atoms with Gasteiger partial charge in [-0.1, -0.05) is 30.1 Å². The standard InChI is InChI=1S/C12H12BCl2NO5/c1-2-9(17)16-8-4-5-10(15)7(14)3-6(12(18)19)11(5)21-13(8)20/h3,8,20H,2,4H2,1H3,(H,16,17)(H,18,19). The molecule has 1 aromatic carbocycles. The predicted octanol–water partition coefficient (Wildman–Crippen LogP) is 1.54. The second kappa shape index (κ2) is 6.13. The lowest BCUT2D eigenvalue weighted by Crippen LogP contribution is -2.53. The van der Waals surface area contributed by atoms with E-state index in [1.165, 1.54) is 6.07 Å². The van der Waals surface area contributed by atoms with E-state index in [2.05, 4.69) is 5.32 Å². The van der Waals surface area contributed by atoms with Gasteiger partial charge in [0.15, 0.2) is 0 Å². The van der Waals surface area contributed by atoms with E-state index in [0.29, 0.717) is 5.56 Å². The number of halogens is 2. The first-order chi connectivity index (χ1) is 9.85. The summed E-state index contributed by atoms with van der Waals surface area (Å²) in [6.07, 6.45) is 0.377. The molecule has 0 bridgehead atoms. The molecule has 1 aliphatic heterocycles. The monoisotopic (exact) mass is 331 g/mol. The molecule has 2 rings (SSSR count). The van der Waals surface area contributed by atoms with Crippen molar-refractivity contribution >= 4 is 42.2 Å². The number of nitrogens with one attached hydrogen (secondary N) is 1. The van der Waals surface area contributed by atoms with Gasteiger partial charge in [0.2, 0.25) is 5.91 Å². The molecule has 1 atom stereocenters. The molecule has 1 heterocycles. The molecule has 1 aliphatic rings. The van der Waals surface area contributed by atoms with Gasteiger partial charge in [-0.2, -0.15) is 0 Å². The van der Waals surface area contributed by atoms with E-state index >= 15 is 0 Å². The summed E-state index contributed by atoms with van der Waals surface area (Å²) >= 11 is 12.0. The normalized spacial score (nSPS) is 17.0. The van der Waals surface area contributed by atoms with E-state index in [0.717, 1.165) is 0 Å². The summed E-state index contributed by atoms with van der Waals surface area (Å²) in [6.45, 7) is 1.67. The second-order valence-electron chi connectivity index (χ2n) is 4.57. The van der Waals surface area contributed by atoms with E-state index in [4.69, 9.17) is 33.0 Å². The molecular formula is C12H12BCl2NO5. The highest BCUT2D eigenvalue weighted by Crippen LogP contribution is 2.39. The van der Waals surface area contributed by atoms with Crippen molar-refractivity contribution in [3.63, 3.8) is 0 Å². The molecule has 1 amide bonds. The summed E-state index contributed by atoms with van der Waals surface area (Å²) in [5.41, 5.74) is 0.173. The molecule has 3 N–H and O–H groups in total. The quantitative estimate of drug-likeness (QED) is 0.730. The Hall–Kier alpha value is -1.44. The second-order valence-corrected chi connectivity index (χ2v) is 5.36. The van der Waals surface area contributed by atoms with Gasteiger partial charge in [0.1, 0.15) is 11.3 Å². The number of fused-ring (bicyclic) bond motifs is 1. The van der Waals surface area contributed by atoms with E-state index in [1.54, 1.807) is 6.92 Å². The number of carboxylic acids is 1. The predicted molar refractivity (Wildman–Crippen MR) is 77.9 cm³/mol. The van der Waals surface area contributed by atoms with Crippen molar-refractivity contribution in [1.29, 1.82) is 0 Å². The number of carboxylic acid groups (broad SMARTS) is 1. The molecule has 9 heteroatoms. The highest BCUT2D eigenvalue weighted by Gasteiger charge is 2.39. The van der Waals surface area contributed by atoms with Gasteiger partial charge in [0.25, 0.3) is 0 Å². The van der Waals surface area contributed by atoms with Crippen molar-refractivity contribution in [1.82, 2.24) is 5.32 Å². The molecule has 0 fully saturated rings. The van der Waals surface area contributed by atoms with Gasteiger partial charge in [0, 0.05) is 12.0 Å². The highest BCUT2D eigenvalue weighted by atomic mass is 35.5. The van der Waals surface area contributed by atoms with Crippen LogP contribution in [-0.4, -0.2) is 35.1 Å². The van der Waals surface area contributed by atoms with Gasteiger partial charge in [-0.3, -0.25) is 4.79 Å². The third-order valence-electron chi connectivity index (χ3n) is 3.17. The van der Waals surface area contributed by atoms with E-state index < -0.39 is 19.0 Å². The SMILES string of the molecule is CCC(=O)NC1Cc2c(Cl)c(Cl)cc(C(=O)O)c2OB1O. The van der Waals surface area contributed by atoms with Crippen LogP contribution in [0.15, 0.2) is 6.07 Å². The summed E-state index contributed by atoms with van der Waals surface area (Å²) in [5.74, 6) is -2.25. The zero-order valence-corrected chi connectivity index (χ0v) is 12.5. The maximum Gasteiger partial charge on any atom is 0.547 e. The van der Waals surface area contributed by atoms with Crippen molar-refractivity contribution in [2.75, 3.05) is 0 Å². The Morgan fingerprint density at radius 3 is 2.76 bits per heavy atom. The van der Waals surface area contributed by atoms with Gasteiger partial charge >= 0.3 is 13.1 Å². The minimum Gasteiger partial charge on any atom is -0.534 e. The van der Waals surface area contributed by atoms with Crippen LogP contribution in [0.25, 0.3) is 0 Å². The van der Waals surface area contributed by atoms with Gasteiger partial charge < -0.3 is 20.1 Å². The molecule has 0 saturated heterocycles. The Morgan fingerprint density at radius 2 is 2.19 bits per heavy atom. The molecule has 112 valence electrons. The third-order valence-corrected chi connectivity index (χ3v) is 4.00. The average molecular weight is 332 g/mol. The number of amides is 1. The summed E-state index contributed by atoms with van der Waals surface area (Å²) in [7, 11) is -1.36. The molecule has 1 unspecified atom stereocenters. The first-order valence-electron chi connectivity index (χ1n) is 6.23. The van der Waals surface area contributed by atoms with Crippen LogP contribution in [0.2, 0.25) is 10.0 Å². The van der Waals surface area contributed by atoms with Crippen LogP contribution in [0.3, 0.4) is 0 Å². The van der Waals surface area contributed by atoms with Gasteiger partial charge in [0.05, 0.1) is 16.0 Å². The maximum absolute atomic E-state index is 11.4. The van der Waals surface area contributed by atoms with Crippen molar-refractivity contribution in [3.8, 4) is 5.75 Å². The molecular weight excluding hydrogens is 320 g/mol. The molecule has 0 aliphatic carbocycles. The Balaban J connectivity index is 2.43. The van der Waals surface area contributed by atoms with Crippen molar-refractivity contribution in [2.45, 2.75) is 25.7 Å². The van der Waals surface area contributed by atoms with Gasteiger partial charge in [-0.25, -0.2) is 4.79 Å². The third kappa shape index (κ3) is 3.10. The maximum atomic E-state index is 11.4. The van der Waals surface area contributed by atoms with E-state index in [-0.39, 0.29) is 40.1 Å². The summed E-state index contributed by atoms with van der Waals surface area (Å²) in [5, 5.41) is 21.9. The fourth-order valence-corrected chi connectivity index (χ4v) is 2.53. The molecule has 0 saturated carbocycles.